The molecule has 3 N–H and O–H groups in total. The fraction of sp³-hybridized carbons (Fsp3) is 0.444. The molecule has 0 saturated carbocycles. The lowest BCUT2D eigenvalue weighted by Crippen LogP contribution is -2.52. The third kappa shape index (κ3) is 4.58. The smallest absolute Gasteiger partial charge is 0.220 e. The van der Waals surface area contributed by atoms with Crippen molar-refractivity contribution < 1.29 is 9.21 Å². The van der Waals surface area contributed by atoms with Crippen LogP contribution in [0.25, 0.3) is 11.3 Å². The minimum Gasteiger partial charge on any atom is -0.441 e. The summed E-state index contributed by atoms with van der Waals surface area (Å²) in [5, 5.41) is 3.72. The highest BCUT2D eigenvalue weighted by Gasteiger charge is 2.26. The predicted octanol–water partition coefficient (Wildman–Crippen LogP) is 3.56. The summed E-state index contributed by atoms with van der Waals surface area (Å²) in [6.45, 7) is 4.50. The van der Waals surface area contributed by atoms with Crippen LogP contribution in [-0.2, 0) is 11.2 Å². The standard InChI is InChI=1S/C18H24ClN3O2/c1-3-18(4-2,12-20)22-16(23)9-10-17-21-11-15(24-17)13-5-7-14(19)8-6-13/h5-8,11H,3-4,9-10,12,20H2,1-2H3,(H,22,23). The van der Waals surface area contributed by atoms with E-state index < -0.39 is 0 Å². The molecule has 130 valence electrons. The highest BCUT2D eigenvalue weighted by atomic mass is 35.5. The Morgan fingerprint density at radius 3 is 2.54 bits per heavy atom. The third-order valence-corrected chi connectivity index (χ3v) is 4.65. The quantitative estimate of drug-likeness (QED) is 0.763. The van der Waals surface area contributed by atoms with Crippen LogP contribution < -0.4 is 11.1 Å². The average Bonchev–Trinajstić information content (AvgIpc) is 3.08. The summed E-state index contributed by atoms with van der Waals surface area (Å²) in [6.07, 6.45) is 4.06. The number of oxazole rings is 1. The number of nitrogens with two attached hydrogens (primary N) is 1. The number of carbonyl (C=O) groups is 1. The summed E-state index contributed by atoms with van der Waals surface area (Å²) in [7, 11) is 0. The zero-order chi connectivity index (χ0) is 17.6. The average molecular weight is 350 g/mol. The summed E-state index contributed by atoms with van der Waals surface area (Å²) >= 11 is 5.88. The van der Waals surface area contributed by atoms with Gasteiger partial charge in [0, 0.05) is 30.0 Å². The molecule has 0 radical (unpaired) electrons. The maximum absolute atomic E-state index is 12.2. The van der Waals surface area contributed by atoms with Crippen LogP contribution in [0.4, 0.5) is 0 Å². The number of aromatic nitrogens is 1. The van der Waals surface area contributed by atoms with E-state index in [0.717, 1.165) is 18.4 Å². The number of amides is 1. The van der Waals surface area contributed by atoms with Gasteiger partial charge in [0.05, 0.1) is 11.7 Å². The van der Waals surface area contributed by atoms with Crippen LogP contribution in [0.2, 0.25) is 5.02 Å². The number of halogens is 1. The van der Waals surface area contributed by atoms with E-state index in [4.69, 9.17) is 21.8 Å². The topological polar surface area (TPSA) is 81.1 Å². The van der Waals surface area contributed by atoms with Gasteiger partial charge in [-0.15, -0.1) is 0 Å². The second kappa shape index (κ2) is 8.31. The number of benzene rings is 1. The van der Waals surface area contributed by atoms with Crippen molar-refractivity contribution in [1.82, 2.24) is 10.3 Å². The Kier molecular flexibility index (Phi) is 6.40. The minimum absolute atomic E-state index is 0.0320. The summed E-state index contributed by atoms with van der Waals surface area (Å²) in [6, 6.07) is 7.34. The summed E-state index contributed by atoms with van der Waals surface area (Å²) in [4.78, 5) is 16.4. The molecule has 1 amide bonds. The number of aryl methyl sites for hydroxylation is 1. The Labute approximate surface area is 147 Å². The first-order valence-corrected chi connectivity index (χ1v) is 8.61. The van der Waals surface area contributed by atoms with Crippen molar-refractivity contribution in [3.8, 4) is 11.3 Å². The molecule has 24 heavy (non-hydrogen) atoms. The van der Waals surface area contributed by atoms with E-state index in [9.17, 15) is 4.79 Å². The maximum atomic E-state index is 12.2. The first-order valence-electron chi connectivity index (χ1n) is 8.23. The van der Waals surface area contributed by atoms with E-state index in [-0.39, 0.29) is 11.4 Å². The van der Waals surface area contributed by atoms with Crippen LogP contribution in [0, 0.1) is 0 Å². The highest BCUT2D eigenvalue weighted by molar-refractivity contribution is 6.30. The molecule has 1 heterocycles. The van der Waals surface area contributed by atoms with Crippen molar-refractivity contribution in [1.29, 1.82) is 0 Å². The molecule has 6 heteroatoms. The maximum Gasteiger partial charge on any atom is 0.220 e. The van der Waals surface area contributed by atoms with Gasteiger partial charge in [-0.1, -0.05) is 25.4 Å². The number of carbonyl (C=O) groups excluding carboxylic acids is 1. The lowest BCUT2D eigenvalue weighted by Gasteiger charge is -2.31. The second-order valence-electron chi connectivity index (χ2n) is 5.86. The van der Waals surface area contributed by atoms with Crippen molar-refractivity contribution in [2.24, 2.45) is 5.73 Å². The molecule has 0 unspecified atom stereocenters. The molecule has 0 atom stereocenters. The molecule has 0 bridgehead atoms. The molecule has 1 aromatic heterocycles. The molecule has 0 aliphatic rings. The molecule has 5 nitrogen and oxygen atoms in total. The Morgan fingerprint density at radius 2 is 1.96 bits per heavy atom. The molecular formula is C18H24ClN3O2. The summed E-state index contributed by atoms with van der Waals surface area (Å²) in [5.74, 6) is 1.18. The van der Waals surface area contributed by atoms with Crippen LogP contribution in [0.1, 0.15) is 39.0 Å². The van der Waals surface area contributed by atoms with Gasteiger partial charge in [-0.3, -0.25) is 4.79 Å². The van der Waals surface area contributed by atoms with E-state index in [1.165, 1.54) is 0 Å². The number of hydrogen-bond acceptors (Lipinski definition) is 4. The van der Waals surface area contributed by atoms with E-state index in [2.05, 4.69) is 10.3 Å². The Hall–Kier alpha value is -1.85. The zero-order valence-electron chi connectivity index (χ0n) is 14.1. The van der Waals surface area contributed by atoms with E-state index in [1.54, 1.807) is 18.3 Å². The van der Waals surface area contributed by atoms with Gasteiger partial charge in [-0.2, -0.15) is 0 Å². The Bertz CT molecular complexity index is 655. The van der Waals surface area contributed by atoms with E-state index in [0.29, 0.717) is 36.1 Å². The molecule has 0 aliphatic carbocycles. The van der Waals surface area contributed by atoms with Crippen molar-refractivity contribution in [2.75, 3.05) is 6.54 Å². The first-order chi connectivity index (χ1) is 11.5. The largest absolute Gasteiger partial charge is 0.441 e. The highest BCUT2D eigenvalue weighted by Crippen LogP contribution is 2.22. The molecule has 0 aliphatic heterocycles. The van der Waals surface area contributed by atoms with Gasteiger partial charge in [-0.05, 0) is 37.1 Å². The summed E-state index contributed by atoms with van der Waals surface area (Å²) < 4.78 is 5.71. The van der Waals surface area contributed by atoms with Crippen LogP contribution >= 0.6 is 11.6 Å². The lowest BCUT2D eigenvalue weighted by molar-refractivity contribution is -0.123. The van der Waals surface area contributed by atoms with Gasteiger partial charge < -0.3 is 15.5 Å². The molecule has 2 rings (SSSR count). The van der Waals surface area contributed by atoms with Gasteiger partial charge in [0.25, 0.3) is 0 Å². The Morgan fingerprint density at radius 1 is 1.29 bits per heavy atom. The first kappa shape index (κ1) is 18.5. The van der Waals surface area contributed by atoms with E-state index >= 15 is 0 Å². The zero-order valence-corrected chi connectivity index (χ0v) is 14.9. The van der Waals surface area contributed by atoms with Crippen molar-refractivity contribution >= 4 is 17.5 Å². The molecule has 0 saturated heterocycles. The number of nitrogens with one attached hydrogen (secondary N) is 1. The van der Waals surface area contributed by atoms with Crippen LogP contribution in [0.3, 0.4) is 0 Å². The van der Waals surface area contributed by atoms with Gasteiger partial charge in [0.1, 0.15) is 0 Å². The third-order valence-electron chi connectivity index (χ3n) is 4.40. The monoisotopic (exact) mass is 349 g/mol. The normalized spacial score (nSPS) is 11.5. The van der Waals surface area contributed by atoms with Gasteiger partial charge in [0.15, 0.2) is 11.7 Å². The van der Waals surface area contributed by atoms with Gasteiger partial charge in [-0.25, -0.2) is 4.98 Å². The molecule has 1 aromatic carbocycles. The van der Waals surface area contributed by atoms with Crippen LogP contribution in [0.5, 0.6) is 0 Å². The van der Waals surface area contributed by atoms with Crippen molar-refractivity contribution in [3.63, 3.8) is 0 Å². The molecular weight excluding hydrogens is 326 g/mol. The van der Waals surface area contributed by atoms with E-state index in [1.807, 2.05) is 26.0 Å². The second-order valence-corrected chi connectivity index (χ2v) is 6.30. The number of hydrogen-bond donors (Lipinski definition) is 2. The van der Waals surface area contributed by atoms with Gasteiger partial charge >= 0.3 is 0 Å². The fourth-order valence-electron chi connectivity index (χ4n) is 2.52. The molecule has 0 spiro atoms. The van der Waals surface area contributed by atoms with Crippen LogP contribution in [-0.4, -0.2) is 23.0 Å². The molecule has 0 fully saturated rings. The number of rotatable bonds is 8. The van der Waals surface area contributed by atoms with Crippen molar-refractivity contribution in [3.05, 3.63) is 41.4 Å². The fourth-order valence-corrected chi connectivity index (χ4v) is 2.64. The predicted molar refractivity (Wildman–Crippen MR) is 95.8 cm³/mol. The van der Waals surface area contributed by atoms with Gasteiger partial charge in [0.2, 0.25) is 5.91 Å². The number of nitrogens with zero attached hydrogens (tertiary/aromatic N) is 1. The lowest BCUT2D eigenvalue weighted by atomic mass is 9.92. The Balaban J connectivity index is 1.93. The SMILES string of the molecule is CCC(CC)(CN)NC(=O)CCc1ncc(-c2ccc(Cl)cc2)o1. The van der Waals surface area contributed by atoms with Crippen LogP contribution in [0.15, 0.2) is 34.9 Å². The molecule has 2 aromatic rings. The summed E-state index contributed by atoms with van der Waals surface area (Å²) in [5.41, 5.74) is 6.39. The van der Waals surface area contributed by atoms with Crippen molar-refractivity contribution in [2.45, 2.75) is 45.1 Å². The minimum atomic E-state index is -0.317.